The van der Waals surface area contributed by atoms with Crippen molar-refractivity contribution in [3.63, 3.8) is 0 Å². The Morgan fingerprint density at radius 2 is 1.54 bits per heavy atom. The number of rotatable bonds is 9. The van der Waals surface area contributed by atoms with Crippen molar-refractivity contribution in [2.45, 2.75) is 6.10 Å². The quantitative estimate of drug-likeness (QED) is 0.716. The van der Waals surface area contributed by atoms with E-state index in [4.69, 9.17) is 24.1 Å². The molecule has 2 aromatic carbocycles. The van der Waals surface area contributed by atoms with Gasteiger partial charge in [0.2, 0.25) is 0 Å². The molecule has 2 aromatic rings. The van der Waals surface area contributed by atoms with Gasteiger partial charge < -0.3 is 29.2 Å². The van der Waals surface area contributed by atoms with Crippen molar-refractivity contribution >= 4 is 6.08 Å². The van der Waals surface area contributed by atoms with E-state index in [-0.39, 0.29) is 13.2 Å². The van der Waals surface area contributed by atoms with Crippen molar-refractivity contribution in [1.82, 2.24) is 0 Å². The van der Waals surface area contributed by atoms with Gasteiger partial charge >= 0.3 is 0 Å². The summed E-state index contributed by atoms with van der Waals surface area (Å²) >= 11 is 0. The van der Waals surface area contributed by atoms with Gasteiger partial charge in [0.15, 0.2) is 23.0 Å². The molecule has 6 nitrogen and oxygen atoms in total. The molecule has 0 saturated heterocycles. The van der Waals surface area contributed by atoms with Crippen molar-refractivity contribution in [3.05, 3.63) is 53.6 Å². The maximum Gasteiger partial charge on any atom is 0.161 e. The summed E-state index contributed by atoms with van der Waals surface area (Å²) in [5.74, 6) is 2.21. The lowest BCUT2D eigenvalue weighted by Crippen LogP contribution is -2.10. The lowest BCUT2D eigenvalue weighted by atomic mass is 10.1. The van der Waals surface area contributed by atoms with Crippen LogP contribution in [0.15, 0.2) is 42.5 Å². The van der Waals surface area contributed by atoms with E-state index in [1.54, 1.807) is 63.8 Å². The minimum atomic E-state index is -0.839. The Morgan fingerprint density at radius 3 is 2.19 bits per heavy atom. The highest BCUT2D eigenvalue weighted by Gasteiger charge is 2.14. The topological polar surface area (TPSA) is 77.4 Å². The summed E-state index contributed by atoms with van der Waals surface area (Å²) in [4.78, 5) is 0. The van der Waals surface area contributed by atoms with Gasteiger partial charge in [0.25, 0.3) is 0 Å². The molecule has 140 valence electrons. The van der Waals surface area contributed by atoms with E-state index in [9.17, 15) is 5.11 Å². The van der Waals surface area contributed by atoms with Crippen LogP contribution < -0.4 is 18.9 Å². The van der Waals surface area contributed by atoms with E-state index < -0.39 is 6.10 Å². The molecule has 2 rings (SSSR count). The predicted octanol–water partition coefficient (Wildman–Crippen LogP) is 2.83. The van der Waals surface area contributed by atoms with Gasteiger partial charge in [-0.15, -0.1) is 0 Å². The first kappa shape index (κ1) is 19.6. The van der Waals surface area contributed by atoms with Gasteiger partial charge in [0, 0.05) is 0 Å². The summed E-state index contributed by atoms with van der Waals surface area (Å²) in [5, 5.41) is 19.2. The van der Waals surface area contributed by atoms with Gasteiger partial charge in [-0.2, -0.15) is 0 Å². The van der Waals surface area contributed by atoms with E-state index in [0.29, 0.717) is 28.6 Å². The maximum atomic E-state index is 10.4. The fourth-order valence-electron chi connectivity index (χ4n) is 2.42. The second-order valence-electron chi connectivity index (χ2n) is 5.44. The summed E-state index contributed by atoms with van der Waals surface area (Å²) in [7, 11) is 4.65. The van der Waals surface area contributed by atoms with Crippen LogP contribution in [-0.4, -0.2) is 44.8 Å². The molecular weight excluding hydrogens is 336 g/mol. The van der Waals surface area contributed by atoms with Gasteiger partial charge in [-0.3, -0.25) is 0 Å². The fraction of sp³-hybridized carbons (Fsp3) is 0.300. The Balaban J connectivity index is 2.09. The number of hydrogen-bond donors (Lipinski definition) is 2. The highest BCUT2D eigenvalue weighted by molar-refractivity contribution is 5.56. The van der Waals surface area contributed by atoms with Crippen LogP contribution in [0.25, 0.3) is 6.08 Å². The first-order valence-electron chi connectivity index (χ1n) is 8.11. The molecule has 0 saturated carbocycles. The Hall–Kier alpha value is -2.70. The zero-order valence-electron chi connectivity index (χ0n) is 15.1. The van der Waals surface area contributed by atoms with Crippen LogP contribution in [-0.2, 0) is 0 Å². The SMILES string of the molecule is COc1ccc(C(O)COc2ccc(/C=C/CO)cc2OC)cc1OC. The molecule has 1 atom stereocenters. The zero-order valence-corrected chi connectivity index (χ0v) is 15.1. The molecule has 1 unspecified atom stereocenters. The predicted molar refractivity (Wildman–Crippen MR) is 99.1 cm³/mol. The van der Waals surface area contributed by atoms with Crippen LogP contribution >= 0.6 is 0 Å². The molecule has 0 aliphatic carbocycles. The summed E-state index contributed by atoms with van der Waals surface area (Å²) in [6.07, 6.45) is 2.58. The van der Waals surface area contributed by atoms with E-state index >= 15 is 0 Å². The second kappa shape index (κ2) is 9.70. The molecular formula is C20H24O6. The fourth-order valence-corrected chi connectivity index (χ4v) is 2.42. The number of ether oxygens (including phenoxy) is 4. The zero-order chi connectivity index (χ0) is 18.9. The van der Waals surface area contributed by atoms with Crippen molar-refractivity contribution in [2.75, 3.05) is 34.5 Å². The first-order chi connectivity index (χ1) is 12.6. The number of benzene rings is 2. The Labute approximate surface area is 153 Å². The monoisotopic (exact) mass is 360 g/mol. The first-order valence-corrected chi connectivity index (χ1v) is 8.11. The molecule has 2 N–H and O–H groups in total. The molecule has 6 heteroatoms. The molecule has 0 aliphatic rings. The minimum absolute atomic E-state index is 0.0297. The van der Waals surface area contributed by atoms with E-state index in [1.807, 2.05) is 6.07 Å². The van der Waals surface area contributed by atoms with Crippen molar-refractivity contribution in [2.24, 2.45) is 0 Å². The summed E-state index contributed by atoms with van der Waals surface area (Å²) < 4.78 is 21.5. The van der Waals surface area contributed by atoms with Gasteiger partial charge in [-0.05, 0) is 35.4 Å². The van der Waals surface area contributed by atoms with Crippen LogP contribution in [0.3, 0.4) is 0 Å². The molecule has 0 bridgehead atoms. The van der Waals surface area contributed by atoms with Crippen LogP contribution in [0.5, 0.6) is 23.0 Å². The van der Waals surface area contributed by atoms with Crippen LogP contribution in [0, 0.1) is 0 Å². The third kappa shape index (κ3) is 4.91. The molecule has 0 spiro atoms. The average molecular weight is 360 g/mol. The maximum absolute atomic E-state index is 10.4. The van der Waals surface area contributed by atoms with E-state index in [0.717, 1.165) is 5.56 Å². The molecule has 0 fully saturated rings. The van der Waals surface area contributed by atoms with E-state index in [2.05, 4.69) is 0 Å². The van der Waals surface area contributed by atoms with Crippen molar-refractivity contribution in [1.29, 1.82) is 0 Å². The summed E-state index contributed by atoms with van der Waals surface area (Å²) in [6.45, 7) is 0.0236. The highest BCUT2D eigenvalue weighted by atomic mass is 16.5. The largest absolute Gasteiger partial charge is 0.493 e. The van der Waals surface area contributed by atoms with Gasteiger partial charge in [-0.25, -0.2) is 0 Å². The van der Waals surface area contributed by atoms with Crippen molar-refractivity contribution < 1.29 is 29.2 Å². The molecule has 0 heterocycles. The molecule has 26 heavy (non-hydrogen) atoms. The van der Waals surface area contributed by atoms with Crippen LogP contribution in [0.4, 0.5) is 0 Å². The highest BCUT2D eigenvalue weighted by Crippen LogP contribution is 2.32. The van der Waals surface area contributed by atoms with Gasteiger partial charge in [-0.1, -0.05) is 24.3 Å². The molecule has 0 radical (unpaired) electrons. The molecule has 0 aromatic heterocycles. The number of methoxy groups -OCH3 is 3. The Kier molecular flexibility index (Phi) is 7.32. The number of hydrogen-bond acceptors (Lipinski definition) is 6. The third-order valence-electron chi connectivity index (χ3n) is 3.79. The van der Waals surface area contributed by atoms with Gasteiger partial charge in [0.05, 0.1) is 27.9 Å². The molecule has 0 aliphatic heterocycles. The van der Waals surface area contributed by atoms with Crippen LogP contribution in [0.2, 0.25) is 0 Å². The molecule has 0 amide bonds. The summed E-state index contributed by atoms with van der Waals surface area (Å²) in [5.41, 5.74) is 1.54. The van der Waals surface area contributed by atoms with Gasteiger partial charge in [0.1, 0.15) is 12.7 Å². The third-order valence-corrected chi connectivity index (χ3v) is 3.79. The Bertz CT molecular complexity index is 741. The number of aliphatic hydroxyl groups is 2. The normalized spacial score (nSPS) is 12.0. The second-order valence-corrected chi connectivity index (χ2v) is 5.44. The van der Waals surface area contributed by atoms with Crippen molar-refractivity contribution in [3.8, 4) is 23.0 Å². The summed E-state index contributed by atoms with van der Waals surface area (Å²) in [6, 6.07) is 10.6. The smallest absolute Gasteiger partial charge is 0.161 e. The standard InChI is InChI=1S/C20H24O6/c1-23-17-9-7-15(12-20(17)25-3)16(22)13-26-18-8-6-14(5-4-10-21)11-19(18)24-2/h4-9,11-12,16,21-22H,10,13H2,1-3H3/b5-4+. The Morgan fingerprint density at radius 1 is 0.885 bits per heavy atom. The number of aliphatic hydroxyl groups excluding tert-OH is 2. The van der Waals surface area contributed by atoms with E-state index in [1.165, 1.54) is 0 Å². The lowest BCUT2D eigenvalue weighted by molar-refractivity contribution is 0.106. The van der Waals surface area contributed by atoms with Crippen LogP contribution in [0.1, 0.15) is 17.2 Å². The lowest BCUT2D eigenvalue weighted by Gasteiger charge is -2.16. The minimum Gasteiger partial charge on any atom is -0.493 e. The average Bonchev–Trinajstić information content (AvgIpc) is 2.69.